The Morgan fingerprint density at radius 1 is 1.20 bits per heavy atom. The molecule has 0 saturated carbocycles. The van der Waals surface area contributed by atoms with Crippen molar-refractivity contribution < 1.29 is 4.74 Å². The van der Waals surface area contributed by atoms with Gasteiger partial charge in [0, 0.05) is 41.2 Å². The smallest absolute Gasteiger partial charge is 0.253 e. The van der Waals surface area contributed by atoms with Crippen LogP contribution in [0.1, 0.15) is 5.56 Å². The monoisotopic (exact) mass is 336 g/mol. The second-order valence-corrected chi connectivity index (χ2v) is 6.01. The number of hydrogen-bond donors (Lipinski definition) is 0. The van der Waals surface area contributed by atoms with Gasteiger partial charge in [0.1, 0.15) is 0 Å². The summed E-state index contributed by atoms with van der Waals surface area (Å²) in [6.07, 6.45) is 0. The van der Waals surface area contributed by atoms with Gasteiger partial charge in [0.2, 0.25) is 0 Å². The summed E-state index contributed by atoms with van der Waals surface area (Å²) in [4.78, 5) is 14.4. The van der Waals surface area contributed by atoms with Crippen molar-refractivity contribution >= 4 is 32.5 Å². The Bertz CT molecular complexity index is 718. The van der Waals surface area contributed by atoms with E-state index in [-0.39, 0.29) is 5.56 Å². The largest absolute Gasteiger partial charge is 0.378 e. The Morgan fingerprint density at radius 2 is 1.90 bits per heavy atom. The normalized spacial score (nSPS) is 15.8. The van der Waals surface area contributed by atoms with Crippen molar-refractivity contribution in [1.29, 1.82) is 0 Å². The quantitative estimate of drug-likeness (QED) is 0.802. The van der Waals surface area contributed by atoms with Gasteiger partial charge in [-0.3, -0.25) is 4.79 Å². The summed E-state index contributed by atoms with van der Waals surface area (Å²) in [7, 11) is 1.83. The zero-order valence-corrected chi connectivity index (χ0v) is 13.2. The van der Waals surface area contributed by atoms with Crippen LogP contribution in [0.2, 0.25) is 0 Å². The molecule has 0 N–H and O–H groups in total. The van der Waals surface area contributed by atoms with E-state index in [1.807, 2.05) is 20.0 Å². The van der Waals surface area contributed by atoms with Crippen LogP contribution in [0, 0.1) is 6.92 Å². The third-order valence-corrected chi connectivity index (χ3v) is 4.49. The minimum Gasteiger partial charge on any atom is -0.378 e. The van der Waals surface area contributed by atoms with Crippen LogP contribution < -0.4 is 10.5 Å². The fourth-order valence-electron chi connectivity index (χ4n) is 2.67. The van der Waals surface area contributed by atoms with E-state index < -0.39 is 0 Å². The zero-order chi connectivity index (χ0) is 14.3. The second kappa shape index (κ2) is 5.22. The van der Waals surface area contributed by atoms with Crippen LogP contribution in [0.3, 0.4) is 0 Å². The molecule has 1 aromatic carbocycles. The van der Waals surface area contributed by atoms with E-state index in [1.54, 1.807) is 4.57 Å². The SMILES string of the molecule is Cc1cc2c(Br)cc(N3CCOCC3)cc2n(C)c1=O. The summed E-state index contributed by atoms with van der Waals surface area (Å²) < 4.78 is 8.13. The van der Waals surface area contributed by atoms with Crippen molar-refractivity contribution in [3.63, 3.8) is 0 Å². The molecule has 1 aromatic heterocycles. The lowest BCUT2D eigenvalue weighted by Gasteiger charge is -2.29. The second-order valence-electron chi connectivity index (χ2n) is 5.15. The van der Waals surface area contributed by atoms with Gasteiger partial charge in [0.05, 0.1) is 18.7 Å². The minimum atomic E-state index is 0.0588. The third-order valence-electron chi connectivity index (χ3n) is 3.83. The fraction of sp³-hybridized carbons (Fsp3) is 0.400. The summed E-state index contributed by atoms with van der Waals surface area (Å²) >= 11 is 3.63. The van der Waals surface area contributed by atoms with Crippen LogP contribution in [0.25, 0.3) is 10.9 Å². The fourth-order valence-corrected chi connectivity index (χ4v) is 3.22. The Balaban J connectivity index is 2.20. The molecule has 106 valence electrons. The van der Waals surface area contributed by atoms with Gasteiger partial charge in [-0.05, 0) is 25.1 Å². The number of aryl methyl sites for hydroxylation is 2. The highest BCUT2D eigenvalue weighted by atomic mass is 79.9. The number of halogens is 1. The highest BCUT2D eigenvalue weighted by molar-refractivity contribution is 9.10. The molecule has 5 heteroatoms. The van der Waals surface area contributed by atoms with Crippen LogP contribution in [-0.4, -0.2) is 30.9 Å². The molecule has 20 heavy (non-hydrogen) atoms. The number of morpholine rings is 1. The van der Waals surface area contributed by atoms with E-state index in [0.29, 0.717) is 0 Å². The lowest BCUT2D eigenvalue weighted by molar-refractivity contribution is 0.122. The number of aromatic nitrogens is 1. The molecular weight excluding hydrogens is 320 g/mol. The van der Waals surface area contributed by atoms with Gasteiger partial charge in [-0.15, -0.1) is 0 Å². The molecule has 0 atom stereocenters. The topological polar surface area (TPSA) is 34.5 Å². The van der Waals surface area contributed by atoms with E-state index in [0.717, 1.165) is 52.9 Å². The number of rotatable bonds is 1. The highest BCUT2D eigenvalue weighted by Crippen LogP contribution is 2.30. The minimum absolute atomic E-state index is 0.0588. The molecule has 0 spiro atoms. The Labute approximate surface area is 126 Å². The predicted molar refractivity (Wildman–Crippen MR) is 84.7 cm³/mol. The first kappa shape index (κ1) is 13.6. The molecule has 1 fully saturated rings. The Hall–Kier alpha value is -1.33. The van der Waals surface area contributed by atoms with Crippen LogP contribution in [-0.2, 0) is 11.8 Å². The number of pyridine rings is 1. The van der Waals surface area contributed by atoms with Gasteiger partial charge in [0.15, 0.2) is 0 Å². The maximum atomic E-state index is 12.1. The number of anilines is 1. The third kappa shape index (κ3) is 2.25. The summed E-state index contributed by atoms with van der Waals surface area (Å²) in [5.74, 6) is 0. The van der Waals surface area contributed by atoms with E-state index in [1.165, 1.54) is 0 Å². The summed E-state index contributed by atoms with van der Waals surface area (Å²) in [5, 5.41) is 1.07. The van der Waals surface area contributed by atoms with Crippen molar-refractivity contribution in [1.82, 2.24) is 4.57 Å². The van der Waals surface area contributed by atoms with E-state index >= 15 is 0 Å². The number of nitrogens with zero attached hydrogens (tertiary/aromatic N) is 2. The van der Waals surface area contributed by atoms with Crippen molar-refractivity contribution in [2.45, 2.75) is 6.92 Å². The molecule has 4 nitrogen and oxygen atoms in total. The summed E-state index contributed by atoms with van der Waals surface area (Å²) in [6, 6.07) is 6.16. The molecule has 0 aliphatic carbocycles. The van der Waals surface area contributed by atoms with Crippen LogP contribution in [0.4, 0.5) is 5.69 Å². The first-order chi connectivity index (χ1) is 9.58. The average molecular weight is 337 g/mol. The van der Waals surface area contributed by atoms with Gasteiger partial charge >= 0.3 is 0 Å². The molecular formula is C15H17BrN2O2. The predicted octanol–water partition coefficient (Wildman–Crippen LogP) is 2.45. The maximum absolute atomic E-state index is 12.1. The van der Waals surface area contributed by atoms with E-state index in [9.17, 15) is 4.79 Å². The molecule has 2 aromatic rings. The Morgan fingerprint density at radius 3 is 2.60 bits per heavy atom. The van der Waals surface area contributed by atoms with E-state index in [2.05, 4.69) is 33.0 Å². The molecule has 1 saturated heterocycles. The molecule has 0 amide bonds. The van der Waals surface area contributed by atoms with E-state index in [4.69, 9.17) is 4.74 Å². The van der Waals surface area contributed by atoms with Gasteiger partial charge in [-0.2, -0.15) is 0 Å². The lowest BCUT2D eigenvalue weighted by Crippen LogP contribution is -2.36. The molecule has 0 unspecified atom stereocenters. The van der Waals surface area contributed by atoms with Crippen LogP contribution >= 0.6 is 15.9 Å². The molecule has 0 bridgehead atoms. The number of hydrogen-bond acceptors (Lipinski definition) is 3. The zero-order valence-electron chi connectivity index (χ0n) is 11.6. The first-order valence-electron chi connectivity index (χ1n) is 6.70. The number of fused-ring (bicyclic) bond motifs is 1. The lowest BCUT2D eigenvalue weighted by atomic mass is 10.1. The number of benzene rings is 1. The maximum Gasteiger partial charge on any atom is 0.253 e. The van der Waals surface area contributed by atoms with Gasteiger partial charge < -0.3 is 14.2 Å². The van der Waals surface area contributed by atoms with Crippen molar-refractivity contribution in [3.05, 3.63) is 38.6 Å². The van der Waals surface area contributed by atoms with Crippen LogP contribution in [0.15, 0.2) is 27.5 Å². The standard InChI is InChI=1S/C15H17BrN2O2/c1-10-7-12-13(16)8-11(18-3-5-20-6-4-18)9-14(12)17(2)15(10)19/h7-9H,3-6H2,1-2H3. The van der Waals surface area contributed by atoms with Gasteiger partial charge in [0.25, 0.3) is 5.56 Å². The molecule has 0 radical (unpaired) electrons. The van der Waals surface area contributed by atoms with Crippen LogP contribution in [0.5, 0.6) is 0 Å². The van der Waals surface area contributed by atoms with Crippen molar-refractivity contribution in [2.24, 2.45) is 7.05 Å². The first-order valence-corrected chi connectivity index (χ1v) is 7.50. The molecule has 3 rings (SSSR count). The van der Waals surface area contributed by atoms with Crippen molar-refractivity contribution in [3.8, 4) is 0 Å². The molecule has 2 heterocycles. The van der Waals surface area contributed by atoms with Gasteiger partial charge in [-0.25, -0.2) is 0 Å². The highest BCUT2D eigenvalue weighted by Gasteiger charge is 2.14. The molecule has 1 aliphatic heterocycles. The summed E-state index contributed by atoms with van der Waals surface area (Å²) in [5.41, 5.74) is 2.91. The van der Waals surface area contributed by atoms with Gasteiger partial charge in [-0.1, -0.05) is 15.9 Å². The number of ether oxygens (including phenoxy) is 1. The molecule has 1 aliphatic rings. The summed E-state index contributed by atoms with van der Waals surface area (Å²) in [6.45, 7) is 5.13. The average Bonchev–Trinajstić information content (AvgIpc) is 2.47. The Kier molecular flexibility index (Phi) is 3.56. The van der Waals surface area contributed by atoms with Crippen molar-refractivity contribution in [2.75, 3.05) is 31.2 Å².